The van der Waals surface area contributed by atoms with Crippen molar-refractivity contribution in [3.05, 3.63) is 57.6 Å². The second kappa shape index (κ2) is 7.76. The van der Waals surface area contributed by atoms with Gasteiger partial charge in [0, 0.05) is 5.56 Å². The second-order valence-corrected chi connectivity index (χ2v) is 6.61. The molecule has 11 heteroatoms. The number of nitrogens with one attached hydrogen (secondary N) is 1. The quantitative estimate of drug-likeness (QED) is 0.656. The van der Waals surface area contributed by atoms with Crippen molar-refractivity contribution < 1.29 is 18.0 Å². The number of carbonyl (C=O) groups is 1. The molecule has 3 rings (SSSR count). The fourth-order valence-electron chi connectivity index (χ4n) is 2.34. The first-order valence-corrected chi connectivity index (χ1v) is 8.60. The number of tetrazole rings is 1. The molecule has 0 radical (unpaired) electrons. The zero-order valence-corrected chi connectivity index (χ0v) is 15.8. The highest BCUT2D eigenvalue weighted by molar-refractivity contribution is 6.40. The van der Waals surface area contributed by atoms with E-state index in [2.05, 4.69) is 20.7 Å². The van der Waals surface area contributed by atoms with Crippen LogP contribution in [0.1, 0.15) is 11.1 Å². The third-order valence-electron chi connectivity index (χ3n) is 3.73. The average Bonchev–Trinajstić information content (AvgIpc) is 3.10. The molecule has 0 saturated carbocycles. The zero-order valence-electron chi connectivity index (χ0n) is 14.3. The van der Waals surface area contributed by atoms with Crippen LogP contribution in [0.5, 0.6) is 0 Å². The number of hydrogen-bond acceptors (Lipinski definition) is 4. The molecule has 3 aromatic rings. The molecule has 0 unspecified atom stereocenters. The van der Waals surface area contributed by atoms with Crippen LogP contribution in [0, 0.1) is 6.92 Å². The van der Waals surface area contributed by atoms with Gasteiger partial charge in [0.05, 0.1) is 21.3 Å². The molecule has 0 saturated heterocycles. The number of hydrogen-bond donors (Lipinski definition) is 1. The van der Waals surface area contributed by atoms with Crippen molar-refractivity contribution in [2.75, 3.05) is 5.32 Å². The minimum Gasteiger partial charge on any atom is -0.322 e. The van der Waals surface area contributed by atoms with Gasteiger partial charge in [-0.25, -0.2) is 0 Å². The highest BCUT2D eigenvalue weighted by Gasteiger charge is 2.30. The molecule has 0 fully saturated rings. The van der Waals surface area contributed by atoms with Gasteiger partial charge in [0.1, 0.15) is 6.54 Å². The van der Waals surface area contributed by atoms with Crippen molar-refractivity contribution in [2.45, 2.75) is 19.6 Å². The molecule has 0 bridgehead atoms. The normalized spacial score (nSPS) is 11.5. The molecular formula is C17H12Cl2F3N5O. The molecule has 2 aromatic carbocycles. The van der Waals surface area contributed by atoms with E-state index in [4.69, 9.17) is 23.2 Å². The van der Waals surface area contributed by atoms with Crippen LogP contribution in [-0.2, 0) is 17.5 Å². The molecule has 0 spiro atoms. The van der Waals surface area contributed by atoms with Gasteiger partial charge in [-0.05, 0) is 35.9 Å². The fraction of sp³-hybridized carbons (Fsp3) is 0.176. The summed E-state index contributed by atoms with van der Waals surface area (Å²) in [5.74, 6) is -0.562. The summed E-state index contributed by atoms with van der Waals surface area (Å²) in [6, 6.07) is 7.82. The van der Waals surface area contributed by atoms with Gasteiger partial charge >= 0.3 is 6.18 Å². The molecule has 28 heavy (non-hydrogen) atoms. The third kappa shape index (κ3) is 4.42. The second-order valence-electron chi connectivity index (χ2n) is 5.82. The molecule has 6 nitrogen and oxygen atoms in total. The van der Waals surface area contributed by atoms with Crippen LogP contribution in [0.4, 0.5) is 18.9 Å². The first-order valence-electron chi connectivity index (χ1n) is 7.85. The van der Waals surface area contributed by atoms with Crippen LogP contribution in [0.15, 0.2) is 36.4 Å². The Morgan fingerprint density at radius 3 is 2.68 bits per heavy atom. The number of aromatic nitrogens is 4. The van der Waals surface area contributed by atoms with Gasteiger partial charge in [-0.1, -0.05) is 41.4 Å². The number of benzene rings is 2. The molecule has 0 aliphatic heterocycles. The Balaban J connectivity index is 1.75. The molecule has 0 atom stereocenters. The van der Waals surface area contributed by atoms with Gasteiger partial charge in [-0.15, -0.1) is 10.2 Å². The summed E-state index contributed by atoms with van der Waals surface area (Å²) in [6.45, 7) is 1.43. The van der Waals surface area contributed by atoms with Crippen LogP contribution < -0.4 is 5.32 Å². The van der Waals surface area contributed by atoms with Crippen LogP contribution in [-0.4, -0.2) is 26.1 Å². The Kier molecular flexibility index (Phi) is 5.57. The van der Waals surface area contributed by atoms with Crippen molar-refractivity contribution in [1.29, 1.82) is 0 Å². The van der Waals surface area contributed by atoms with Crippen LogP contribution in [0.25, 0.3) is 11.4 Å². The number of aryl methyl sites for hydroxylation is 1. The number of amides is 1. The Morgan fingerprint density at radius 1 is 1.21 bits per heavy atom. The van der Waals surface area contributed by atoms with Crippen molar-refractivity contribution in [3.8, 4) is 11.4 Å². The molecule has 0 aliphatic carbocycles. The maximum atomic E-state index is 12.8. The van der Waals surface area contributed by atoms with Crippen molar-refractivity contribution >= 4 is 34.8 Å². The lowest BCUT2D eigenvalue weighted by Gasteiger charge is -2.10. The minimum absolute atomic E-state index is 0.0366. The molecular weight excluding hydrogens is 418 g/mol. The predicted molar refractivity (Wildman–Crippen MR) is 98.1 cm³/mol. The van der Waals surface area contributed by atoms with E-state index < -0.39 is 17.6 Å². The summed E-state index contributed by atoms with van der Waals surface area (Å²) in [5, 5.41) is 14.5. The van der Waals surface area contributed by atoms with Crippen LogP contribution in [0.2, 0.25) is 10.0 Å². The van der Waals surface area contributed by atoms with Gasteiger partial charge in [0.25, 0.3) is 0 Å². The highest BCUT2D eigenvalue weighted by atomic mass is 35.5. The lowest BCUT2D eigenvalue weighted by molar-refractivity contribution is -0.137. The lowest BCUT2D eigenvalue weighted by Crippen LogP contribution is -2.21. The number of carbonyl (C=O) groups excluding carboxylic acids is 1. The first kappa shape index (κ1) is 20.1. The van der Waals surface area contributed by atoms with E-state index in [0.717, 1.165) is 22.5 Å². The summed E-state index contributed by atoms with van der Waals surface area (Å²) < 4.78 is 38.5. The standard InChI is InChI=1S/C17H12Cl2F3N5O/c1-9-5-6-12(18)15(14(9)19)23-13(28)8-27-25-16(24-26-27)10-3-2-4-11(7-10)17(20,21)22/h2-7H,8H2,1H3,(H,23,28). The Morgan fingerprint density at radius 2 is 1.96 bits per heavy atom. The van der Waals surface area contributed by atoms with E-state index in [1.54, 1.807) is 19.1 Å². The maximum Gasteiger partial charge on any atom is 0.416 e. The number of nitrogens with zero attached hydrogens (tertiary/aromatic N) is 4. The van der Waals surface area contributed by atoms with E-state index in [0.29, 0.717) is 5.02 Å². The average molecular weight is 430 g/mol. The Hall–Kier alpha value is -2.65. The van der Waals surface area contributed by atoms with Gasteiger partial charge in [0.2, 0.25) is 11.7 Å². The molecule has 0 aliphatic rings. The molecule has 1 aromatic heterocycles. The van der Waals surface area contributed by atoms with Crippen molar-refractivity contribution in [1.82, 2.24) is 20.2 Å². The largest absolute Gasteiger partial charge is 0.416 e. The van der Waals surface area contributed by atoms with Crippen LogP contribution >= 0.6 is 23.2 Å². The molecule has 1 heterocycles. The highest BCUT2D eigenvalue weighted by Crippen LogP contribution is 2.33. The predicted octanol–water partition coefficient (Wildman–Crippen LogP) is 4.61. The van der Waals surface area contributed by atoms with Crippen molar-refractivity contribution in [3.63, 3.8) is 0 Å². The van der Waals surface area contributed by atoms with Gasteiger partial charge < -0.3 is 5.32 Å². The third-order valence-corrected chi connectivity index (χ3v) is 4.54. The number of anilines is 1. The Bertz CT molecular complexity index is 1040. The topological polar surface area (TPSA) is 72.7 Å². The van der Waals surface area contributed by atoms with Gasteiger partial charge in [0.15, 0.2) is 0 Å². The fourth-order valence-corrected chi connectivity index (χ4v) is 2.80. The number of rotatable bonds is 4. The minimum atomic E-state index is -4.49. The van der Waals surface area contributed by atoms with E-state index in [-0.39, 0.29) is 28.6 Å². The van der Waals surface area contributed by atoms with E-state index in [1.165, 1.54) is 12.1 Å². The molecule has 1 amide bonds. The zero-order chi connectivity index (χ0) is 20.5. The monoisotopic (exact) mass is 429 g/mol. The van der Waals surface area contributed by atoms with E-state index in [1.807, 2.05) is 0 Å². The lowest BCUT2D eigenvalue weighted by atomic mass is 10.1. The molecule has 146 valence electrons. The number of halogens is 5. The van der Waals surface area contributed by atoms with Gasteiger partial charge in [-0.2, -0.15) is 18.0 Å². The summed E-state index contributed by atoms with van der Waals surface area (Å²) in [4.78, 5) is 13.2. The van der Waals surface area contributed by atoms with E-state index >= 15 is 0 Å². The summed E-state index contributed by atoms with van der Waals surface area (Å²) >= 11 is 12.2. The number of alkyl halides is 3. The smallest absolute Gasteiger partial charge is 0.322 e. The summed E-state index contributed by atoms with van der Waals surface area (Å²) in [5.41, 5.74) is 0.285. The molecule has 1 N–H and O–H groups in total. The Labute approximate surface area is 167 Å². The summed E-state index contributed by atoms with van der Waals surface area (Å²) in [7, 11) is 0. The maximum absolute atomic E-state index is 12.8. The van der Waals surface area contributed by atoms with Crippen LogP contribution in [0.3, 0.4) is 0 Å². The SMILES string of the molecule is Cc1ccc(Cl)c(NC(=O)Cn2nnc(-c3cccc(C(F)(F)F)c3)n2)c1Cl. The summed E-state index contributed by atoms with van der Waals surface area (Å²) in [6.07, 6.45) is -4.49. The van der Waals surface area contributed by atoms with E-state index in [9.17, 15) is 18.0 Å². The van der Waals surface area contributed by atoms with Gasteiger partial charge in [-0.3, -0.25) is 4.79 Å². The first-order chi connectivity index (χ1) is 13.1. The van der Waals surface area contributed by atoms with Crippen molar-refractivity contribution in [2.24, 2.45) is 0 Å².